The lowest BCUT2D eigenvalue weighted by molar-refractivity contribution is 0.339. The van der Waals surface area contributed by atoms with E-state index in [1.807, 2.05) is 6.92 Å². The van der Waals surface area contributed by atoms with Crippen LogP contribution in [0.15, 0.2) is 6.20 Å². The molecule has 1 unspecified atom stereocenters. The molecule has 1 rings (SSSR count). The highest BCUT2D eigenvalue weighted by Crippen LogP contribution is 2.38. The van der Waals surface area contributed by atoms with Crippen LogP contribution in [0.2, 0.25) is 0 Å². The molecule has 1 aromatic rings. The van der Waals surface area contributed by atoms with E-state index in [9.17, 15) is 8.78 Å². The van der Waals surface area contributed by atoms with Gasteiger partial charge in [0.25, 0.3) is 0 Å². The molecule has 0 radical (unpaired) electrons. The fraction of sp³-hybridized carbons (Fsp3) is 0.765. The van der Waals surface area contributed by atoms with Crippen molar-refractivity contribution in [2.24, 2.45) is 0 Å². The standard InChI is InChI=1S/C17H29F2N/c1-4-6-8-10-12-17(3,11-9-7-5-2)15-14(18)13-20-16(15)19/h13,20H,4-12H2,1-3H3. The van der Waals surface area contributed by atoms with Gasteiger partial charge in [0.05, 0.1) is 0 Å². The first kappa shape index (κ1) is 17.2. The van der Waals surface area contributed by atoms with Gasteiger partial charge in [-0.05, 0) is 18.3 Å². The monoisotopic (exact) mass is 285 g/mol. The third-order valence-electron chi connectivity index (χ3n) is 4.30. The summed E-state index contributed by atoms with van der Waals surface area (Å²) in [6, 6.07) is 0. The molecule has 3 heteroatoms. The highest BCUT2D eigenvalue weighted by molar-refractivity contribution is 5.24. The van der Waals surface area contributed by atoms with E-state index in [0.717, 1.165) is 51.1 Å². The maximum Gasteiger partial charge on any atom is 0.197 e. The maximum absolute atomic E-state index is 13.9. The van der Waals surface area contributed by atoms with Crippen molar-refractivity contribution in [3.63, 3.8) is 0 Å². The minimum atomic E-state index is -0.489. The summed E-state index contributed by atoms with van der Waals surface area (Å²) in [5.74, 6) is -0.908. The molecule has 1 heterocycles. The zero-order chi connectivity index (χ0) is 15.0. The van der Waals surface area contributed by atoms with Gasteiger partial charge in [0.15, 0.2) is 5.95 Å². The Hall–Kier alpha value is -0.860. The topological polar surface area (TPSA) is 15.8 Å². The third-order valence-corrected chi connectivity index (χ3v) is 4.30. The first-order valence-corrected chi connectivity index (χ1v) is 8.08. The van der Waals surface area contributed by atoms with Crippen molar-refractivity contribution >= 4 is 0 Å². The van der Waals surface area contributed by atoms with Gasteiger partial charge in [0, 0.05) is 11.8 Å². The number of hydrogen-bond acceptors (Lipinski definition) is 0. The second-order valence-corrected chi connectivity index (χ2v) is 6.15. The summed E-state index contributed by atoms with van der Waals surface area (Å²) in [6.45, 7) is 6.34. The van der Waals surface area contributed by atoms with Crippen molar-refractivity contribution in [1.82, 2.24) is 4.98 Å². The Kier molecular flexibility index (Phi) is 7.25. The second-order valence-electron chi connectivity index (χ2n) is 6.15. The summed E-state index contributed by atoms with van der Waals surface area (Å²) in [7, 11) is 0. The third kappa shape index (κ3) is 4.60. The van der Waals surface area contributed by atoms with Gasteiger partial charge in [0.1, 0.15) is 5.82 Å². The Morgan fingerprint density at radius 3 is 2.00 bits per heavy atom. The van der Waals surface area contributed by atoms with Crippen LogP contribution in [0.3, 0.4) is 0 Å². The first-order chi connectivity index (χ1) is 9.55. The van der Waals surface area contributed by atoms with E-state index in [2.05, 4.69) is 18.8 Å². The van der Waals surface area contributed by atoms with Crippen LogP contribution >= 0.6 is 0 Å². The number of nitrogens with one attached hydrogen (secondary N) is 1. The molecule has 0 aliphatic rings. The number of rotatable bonds is 10. The highest BCUT2D eigenvalue weighted by Gasteiger charge is 2.32. The number of H-pyrrole nitrogens is 1. The van der Waals surface area contributed by atoms with Gasteiger partial charge < -0.3 is 4.98 Å². The van der Waals surface area contributed by atoms with Crippen LogP contribution in [0.25, 0.3) is 0 Å². The number of aromatic amines is 1. The van der Waals surface area contributed by atoms with Crippen LogP contribution in [0.5, 0.6) is 0 Å². The molecule has 0 aliphatic heterocycles. The predicted octanol–water partition coefficient (Wildman–Crippen LogP) is 6.10. The van der Waals surface area contributed by atoms with E-state index < -0.39 is 11.8 Å². The van der Waals surface area contributed by atoms with Gasteiger partial charge in [0.2, 0.25) is 0 Å². The summed E-state index contributed by atoms with van der Waals surface area (Å²) in [6.07, 6.45) is 10.7. The van der Waals surface area contributed by atoms with E-state index in [-0.39, 0.29) is 11.0 Å². The highest BCUT2D eigenvalue weighted by atomic mass is 19.1. The van der Waals surface area contributed by atoms with Gasteiger partial charge >= 0.3 is 0 Å². The molecule has 116 valence electrons. The van der Waals surface area contributed by atoms with Crippen LogP contribution in [0, 0.1) is 11.8 Å². The Labute approximate surface area is 122 Å². The molecule has 20 heavy (non-hydrogen) atoms. The lowest BCUT2D eigenvalue weighted by atomic mass is 9.75. The molecule has 0 amide bonds. The van der Waals surface area contributed by atoms with Crippen molar-refractivity contribution in [2.75, 3.05) is 0 Å². The summed E-state index contributed by atoms with van der Waals surface area (Å²) >= 11 is 0. The molecule has 1 atom stereocenters. The number of unbranched alkanes of at least 4 members (excludes halogenated alkanes) is 5. The lowest BCUT2D eigenvalue weighted by Gasteiger charge is -2.29. The lowest BCUT2D eigenvalue weighted by Crippen LogP contribution is -2.24. The van der Waals surface area contributed by atoms with Crippen LogP contribution in [0.4, 0.5) is 8.78 Å². The molecule has 1 N–H and O–H groups in total. The average Bonchev–Trinajstić information content (AvgIpc) is 2.75. The molecule has 0 aliphatic carbocycles. The summed E-state index contributed by atoms with van der Waals surface area (Å²) in [4.78, 5) is 2.39. The van der Waals surface area contributed by atoms with Gasteiger partial charge in [-0.3, -0.25) is 0 Å². The van der Waals surface area contributed by atoms with E-state index in [4.69, 9.17) is 0 Å². The van der Waals surface area contributed by atoms with Crippen molar-refractivity contribution in [2.45, 2.75) is 84.0 Å². The molecule has 0 fully saturated rings. The molecular weight excluding hydrogens is 256 g/mol. The summed E-state index contributed by atoms with van der Waals surface area (Å²) < 4.78 is 27.8. The normalized spacial score (nSPS) is 14.4. The number of aromatic nitrogens is 1. The second kappa shape index (κ2) is 8.43. The Bertz CT molecular complexity index is 367. The summed E-state index contributed by atoms with van der Waals surface area (Å²) in [5, 5.41) is 0. The minimum Gasteiger partial charge on any atom is -0.335 e. The van der Waals surface area contributed by atoms with Gasteiger partial charge in [-0.2, -0.15) is 4.39 Å². The van der Waals surface area contributed by atoms with Gasteiger partial charge in [-0.15, -0.1) is 0 Å². The summed E-state index contributed by atoms with van der Waals surface area (Å²) in [5.41, 5.74) is -0.109. The van der Waals surface area contributed by atoms with Crippen molar-refractivity contribution < 1.29 is 8.78 Å². The molecule has 1 nitrogen and oxygen atoms in total. The fourth-order valence-electron chi connectivity index (χ4n) is 3.01. The van der Waals surface area contributed by atoms with Crippen LogP contribution in [0.1, 0.15) is 84.1 Å². The molecule has 0 bridgehead atoms. The van der Waals surface area contributed by atoms with Crippen molar-refractivity contribution in [3.8, 4) is 0 Å². The quantitative estimate of drug-likeness (QED) is 0.500. The van der Waals surface area contributed by atoms with E-state index in [1.54, 1.807) is 0 Å². The van der Waals surface area contributed by atoms with Crippen LogP contribution in [-0.2, 0) is 5.41 Å². The van der Waals surface area contributed by atoms with Gasteiger partial charge in [-0.25, -0.2) is 4.39 Å². The van der Waals surface area contributed by atoms with E-state index in [1.165, 1.54) is 12.8 Å². The van der Waals surface area contributed by atoms with Crippen LogP contribution in [-0.4, -0.2) is 4.98 Å². The average molecular weight is 285 g/mol. The largest absolute Gasteiger partial charge is 0.335 e. The zero-order valence-corrected chi connectivity index (χ0v) is 13.2. The Balaban J connectivity index is 2.77. The van der Waals surface area contributed by atoms with E-state index in [0.29, 0.717) is 0 Å². The molecule has 1 aromatic heterocycles. The maximum atomic E-state index is 13.9. The van der Waals surface area contributed by atoms with Crippen LogP contribution < -0.4 is 0 Å². The van der Waals surface area contributed by atoms with Gasteiger partial charge in [-0.1, -0.05) is 65.7 Å². The molecule has 0 spiro atoms. The predicted molar refractivity (Wildman–Crippen MR) is 81.0 cm³/mol. The molecule has 0 saturated carbocycles. The molecule has 0 aromatic carbocycles. The number of hydrogen-bond donors (Lipinski definition) is 1. The van der Waals surface area contributed by atoms with Crippen molar-refractivity contribution in [3.05, 3.63) is 23.5 Å². The SMILES string of the molecule is CCCCCCC(C)(CCCCC)c1c(F)c[nH]c1F. The minimum absolute atomic E-state index is 0.269. The van der Waals surface area contributed by atoms with Crippen molar-refractivity contribution in [1.29, 1.82) is 0 Å². The van der Waals surface area contributed by atoms with E-state index >= 15 is 0 Å². The zero-order valence-electron chi connectivity index (χ0n) is 13.2. The Morgan fingerprint density at radius 2 is 1.50 bits per heavy atom. The number of halogens is 2. The first-order valence-electron chi connectivity index (χ1n) is 8.08. The smallest absolute Gasteiger partial charge is 0.197 e. The Morgan fingerprint density at radius 1 is 0.950 bits per heavy atom. The molecular formula is C17H29F2N. The fourth-order valence-corrected chi connectivity index (χ4v) is 3.01. The molecule has 0 saturated heterocycles.